The van der Waals surface area contributed by atoms with Gasteiger partial charge in [-0.15, -0.1) is 12.4 Å². The molecule has 0 radical (unpaired) electrons. The fourth-order valence-corrected chi connectivity index (χ4v) is 1.93. The quantitative estimate of drug-likeness (QED) is 0.731. The van der Waals surface area contributed by atoms with Crippen molar-refractivity contribution in [2.75, 3.05) is 11.9 Å². The molecule has 1 saturated heterocycles. The second-order valence-corrected chi connectivity index (χ2v) is 4.05. The summed E-state index contributed by atoms with van der Waals surface area (Å²) in [5, 5.41) is 12.6. The van der Waals surface area contributed by atoms with E-state index in [1.54, 1.807) is 12.4 Å². The van der Waals surface area contributed by atoms with E-state index in [1.165, 1.54) is 0 Å². The topological polar surface area (TPSA) is 69.8 Å². The molecule has 0 unspecified atom stereocenters. The number of aromatic nitrogens is 2. The summed E-state index contributed by atoms with van der Waals surface area (Å²) in [6, 6.07) is 0.429. The van der Waals surface area contributed by atoms with E-state index in [9.17, 15) is 4.79 Å². The number of carbonyl (C=O) groups excluding carboxylic acids is 1. The van der Waals surface area contributed by atoms with E-state index in [4.69, 9.17) is 0 Å². The number of rotatable bonds is 2. The molecule has 0 aromatic carbocycles. The van der Waals surface area contributed by atoms with Crippen molar-refractivity contribution in [2.45, 2.75) is 25.8 Å². The van der Waals surface area contributed by atoms with Crippen molar-refractivity contribution < 1.29 is 4.79 Å². The van der Waals surface area contributed by atoms with Gasteiger partial charge in [0.05, 0.1) is 11.9 Å². The first-order valence-electron chi connectivity index (χ1n) is 5.28. The maximum Gasteiger partial charge on any atom is 0.227 e. The van der Waals surface area contributed by atoms with Gasteiger partial charge in [-0.3, -0.25) is 9.89 Å². The standard InChI is InChI=1S/C10H16N4O.ClH/c1-7-4-8(2-3-11-7)10(15)14-9-5-12-13-6-9;/h5-8,11H,2-4H2,1H3,(H,12,13)(H,14,15);1H/t7-,8-;/m0./s1. The monoisotopic (exact) mass is 244 g/mol. The van der Waals surface area contributed by atoms with Crippen LogP contribution in [0.2, 0.25) is 0 Å². The molecule has 1 fully saturated rings. The van der Waals surface area contributed by atoms with Gasteiger partial charge in [0, 0.05) is 18.2 Å². The Morgan fingerprint density at radius 2 is 2.44 bits per heavy atom. The minimum atomic E-state index is 0. The molecule has 2 rings (SSSR count). The zero-order valence-corrected chi connectivity index (χ0v) is 10.0. The number of hydrogen-bond donors (Lipinski definition) is 3. The fraction of sp³-hybridized carbons (Fsp3) is 0.600. The van der Waals surface area contributed by atoms with E-state index in [2.05, 4.69) is 27.8 Å². The Hall–Kier alpha value is -1.07. The number of hydrogen-bond acceptors (Lipinski definition) is 3. The Morgan fingerprint density at radius 3 is 3.06 bits per heavy atom. The number of halogens is 1. The van der Waals surface area contributed by atoms with E-state index >= 15 is 0 Å². The van der Waals surface area contributed by atoms with Crippen molar-refractivity contribution >= 4 is 24.0 Å². The highest BCUT2D eigenvalue weighted by Gasteiger charge is 2.24. The molecule has 1 aliphatic heterocycles. The van der Waals surface area contributed by atoms with Gasteiger partial charge in [-0.25, -0.2) is 0 Å². The minimum Gasteiger partial charge on any atom is -0.323 e. The highest BCUT2D eigenvalue weighted by Crippen LogP contribution is 2.17. The van der Waals surface area contributed by atoms with Crippen molar-refractivity contribution in [1.82, 2.24) is 15.5 Å². The molecule has 1 aromatic rings. The normalized spacial score (nSPS) is 24.6. The van der Waals surface area contributed by atoms with Gasteiger partial charge in [0.2, 0.25) is 5.91 Å². The third-order valence-electron chi connectivity index (χ3n) is 2.76. The summed E-state index contributed by atoms with van der Waals surface area (Å²) in [6.45, 7) is 3.03. The van der Waals surface area contributed by atoms with Crippen molar-refractivity contribution in [3.8, 4) is 0 Å². The summed E-state index contributed by atoms with van der Waals surface area (Å²) in [5.41, 5.74) is 0.742. The molecule has 6 heteroatoms. The highest BCUT2D eigenvalue weighted by atomic mass is 35.5. The van der Waals surface area contributed by atoms with Crippen LogP contribution in [0.4, 0.5) is 5.69 Å². The molecular formula is C10H17ClN4O. The Balaban J connectivity index is 0.00000128. The third-order valence-corrected chi connectivity index (χ3v) is 2.76. The lowest BCUT2D eigenvalue weighted by Crippen LogP contribution is -2.40. The maximum absolute atomic E-state index is 11.8. The van der Waals surface area contributed by atoms with Gasteiger partial charge in [0.25, 0.3) is 0 Å². The molecule has 0 aliphatic carbocycles. The Labute approximate surface area is 101 Å². The van der Waals surface area contributed by atoms with Crippen LogP contribution in [0.1, 0.15) is 19.8 Å². The summed E-state index contributed by atoms with van der Waals surface area (Å²) in [4.78, 5) is 11.8. The van der Waals surface area contributed by atoms with Crippen LogP contribution < -0.4 is 10.6 Å². The first-order valence-corrected chi connectivity index (χ1v) is 5.28. The summed E-state index contributed by atoms with van der Waals surface area (Å²) in [7, 11) is 0. The van der Waals surface area contributed by atoms with Crippen LogP contribution in [0.3, 0.4) is 0 Å². The minimum absolute atomic E-state index is 0. The molecule has 3 N–H and O–H groups in total. The zero-order chi connectivity index (χ0) is 10.7. The number of nitrogens with zero attached hydrogens (tertiary/aromatic N) is 1. The van der Waals surface area contributed by atoms with Gasteiger partial charge in [-0.1, -0.05) is 0 Å². The molecule has 2 heterocycles. The molecule has 1 aliphatic rings. The summed E-state index contributed by atoms with van der Waals surface area (Å²) >= 11 is 0. The number of amides is 1. The van der Waals surface area contributed by atoms with Gasteiger partial charge < -0.3 is 10.6 Å². The van der Waals surface area contributed by atoms with Crippen molar-refractivity contribution in [1.29, 1.82) is 0 Å². The van der Waals surface area contributed by atoms with Gasteiger partial charge >= 0.3 is 0 Å². The Morgan fingerprint density at radius 1 is 1.62 bits per heavy atom. The zero-order valence-electron chi connectivity index (χ0n) is 9.19. The van der Waals surface area contributed by atoms with Gasteiger partial charge in [-0.05, 0) is 26.3 Å². The molecule has 16 heavy (non-hydrogen) atoms. The highest BCUT2D eigenvalue weighted by molar-refractivity contribution is 5.92. The van der Waals surface area contributed by atoms with Crippen molar-refractivity contribution in [3.63, 3.8) is 0 Å². The molecule has 5 nitrogen and oxygen atoms in total. The van der Waals surface area contributed by atoms with E-state index in [1.807, 2.05) is 0 Å². The lowest BCUT2D eigenvalue weighted by Gasteiger charge is -2.26. The van der Waals surface area contributed by atoms with E-state index in [0.29, 0.717) is 6.04 Å². The number of piperidine rings is 1. The molecule has 0 spiro atoms. The lowest BCUT2D eigenvalue weighted by atomic mass is 9.92. The average Bonchev–Trinajstić information content (AvgIpc) is 2.70. The fourth-order valence-electron chi connectivity index (χ4n) is 1.93. The van der Waals surface area contributed by atoms with Crippen LogP contribution in [-0.2, 0) is 4.79 Å². The number of anilines is 1. The largest absolute Gasteiger partial charge is 0.323 e. The van der Waals surface area contributed by atoms with Crippen LogP contribution in [0.15, 0.2) is 12.4 Å². The molecule has 1 amide bonds. The van der Waals surface area contributed by atoms with Crippen molar-refractivity contribution in [3.05, 3.63) is 12.4 Å². The predicted octanol–water partition coefficient (Wildman–Crippen LogP) is 1.16. The average molecular weight is 245 g/mol. The van der Waals surface area contributed by atoms with Crippen LogP contribution in [0.5, 0.6) is 0 Å². The van der Waals surface area contributed by atoms with Crippen molar-refractivity contribution in [2.24, 2.45) is 5.92 Å². The third kappa shape index (κ3) is 3.21. The summed E-state index contributed by atoms with van der Waals surface area (Å²) in [5.74, 6) is 0.223. The summed E-state index contributed by atoms with van der Waals surface area (Å²) < 4.78 is 0. The summed E-state index contributed by atoms with van der Waals surface area (Å²) in [6.07, 6.45) is 5.11. The van der Waals surface area contributed by atoms with E-state index in [0.717, 1.165) is 25.1 Å². The number of nitrogens with one attached hydrogen (secondary N) is 3. The number of carbonyl (C=O) groups is 1. The Bertz CT molecular complexity index is 328. The van der Waals surface area contributed by atoms with Crippen LogP contribution in [0, 0.1) is 5.92 Å². The first kappa shape index (κ1) is 13.0. The maximum atomic E-state index is 11.8. The smallest absolute Gasteiger partial charge is 0.227 e. The number of H-pyrrole nitrogens is 1. The molecule has 90 valence electrons. The lowest BCUT2D eigenvalue weighted by molar-refractivity contribution is -0.120. The Kier molecular flexibility index (Phi) is 4.76. The molecule has 0 saturated carbocycles. The van der Waals surface area contributed by atoms with Crippen LogP contribution in [0.25, 0.3) is 0 Å². The van der Waals surface area contributed by atoms with Gasteiger partial charge in [0.15, 0.2) is 0 Å². The molecule has 1 aromatic heterocycles. The van der Waals surface area contributed by atoms with Crippen LogP contribution >= 0.6 is 12.4 Å². The van der Waals surface area contributed by atoms with Gasteiger partial charge in [0.1, 0.15) is 0 Å². The van der Waals surface area contributed by atoms with Crippen LogP contribution in [-0.4, -0.2) is 28.7 Å². The van der Waals surface area contributed by atoms with E-state index in [-0.39, 0.29) is 24.2 Å². The first-order chi connectivity index (χ1) is 7.25. The predicted molar refractivity (Wildman–Crippen MR) is 64.7 cm³/mol. The van der Waals surface area contributed by atoms with E-state index < -0.39 is 0 Å². The second kappa shape index (κ2) is 5.86. The molecular weight excluding hydrogens is 228 g/mol. The SMILES string of the molecule is C[C@H]1C[C@@H](C(=O)Nc2cn[nH]c2)CCN1.Cl. The number of aromatic amines is 1. The molecule has 2 atom stereocenters. The van der Waals surface area contributed by atoms with Gasteiger partial charge in [-0.2, -0.15) is 5.10 Å². The molecule has 0 bridgehead atoms. The second-order valence-electron chi connectivity index (χ2n) is 4.05.